The smallest absolute Gasteiger partial charge is 0.329 e. The van der Waals surface area contributed by atoms with Crippen LogP contribution in [0.25, 0.3) is 0 Å². The Bertz CT molecular complexity index is 1340. The van der Waals surface area contributed by atoms with Gasteiger partial charge in [-0.3, -0.25) is 0 Å². The largest absolute Gasteiger partial charge is 0.459 e. The van der Waals surface area contributed by atoms with E-state index >= 15 is 0 Å². The lowest BCUT2D eigenvalue weighted by atomic mass is 10.1. The topological polar surface area (TPSA) is 63.7 Å². The fraction of sp³-hybridized carbons (Fsp3) is 0.138. The fourth-order valence-electron chi connectivity index (χ4n) is 3.79. The highest BCUT2D eigenvalue weighted by molar-refractivity contribution is 7.89. The maximum atomic E-state index is 14.0. The lowest BCUT2D eigenvalue weighted by molar-refractivity contribution is -0.150. The zero-order chi connectivity index (χ0) is 24.7. The molecular weight excluding hydrogens is 458 g/mol. The van der Waals surface area contributed by atoms with Crippen molar-refractivity contribution in [2.75, 3.05) is 0 Å². The van der Waals surface area contributed by atoms with Gasteiger partial charge in [0, 0.05) is 6.54 Å². The summed E-state index contributed by atoms with van der Waals surface area (Å²) in [6.45, 7) is 1.95. The van der Waals surface area contributed by atoms with Crippen LogP contribution in [0.5, 0.6) is 0 Å². The van der Waals surface area contributed by atoms with Crippen LogP contribution >= 0.6 is 0 Å². The molecule has 0 saturated carbocycles. The van der Waals surface area contributed by atoms with Gasteiger partial charge in [-0.2, -0.15) is 4.31 Å². The summed E-state index contributed by atoms with van der Waals surface area (Å²) in [5.41, 5.74) is 3.07. The van der Waals surface area contributed by atoms with Crippen LogP contribution in [-0.4, -0.2) is 18.7 Å². The van der Waals surface area contributed by atoms with Crippen LogP contribution in [0.2, 0.25) is 0 Å². The number of esters is 1. The number of ether oxygens (including phenoxy) is 1. The Morgan fingerprint density at radius 2 is 1.26 bits per heavy atom. The van der Waals surface area contributed by atoms with Crippen molar-refractivity contribution in [2.24, 2.45) is 0 Å². The van der Waals surface area contributed by atoms with Gasteiger partial charge in [0.15, 0.2) is 0 Å². The lowest BCUT2D eigenvalue weighted by Gasteiger charge is -2.30. The van der Waals surface area contributed by atoms with E-state index in [4.69, 9.17) is 4.74 Å². The summed E-state index contributed by atoms with van der Waals surface area (Å²) in [5.74, 6) is -0.633. The van der Waals surface area contributed by atoms with Gasteiger partial charge in [0.2, 0.25) is 10.0 Å². The van der Waals surface area contributed by atoms with Crippen LogP contribution in [-0.2, 0) is 32.7 Å². The first-order chi connectivity index (χ1) is 16.9. The van der Waals surface area contributed by atoms with E-state index in [9.17, 15) is 13.2 Å². The summed E-state index contributed by atoms with van der Waals surface area (Å²) in [5, 5.41) is 0. The number of hydrogen-bond acceptors (Lipinski definition) is 4. The molecule has 1 unspecified atom stereocenters. The van der Waals surface area contributed by atoms with Crippen molar-refractivity contribution in [3.05, 3.63) is 138 Å². The minimum absolute atomic E-state index is 0.0110. The van der Waals surface area contributed by atoms with Gasteiger partial charge in [-0.05, 0) is 35.7 Å². The maximum Gasteiger partial charge on any atom is 0.329 e. The number of nitrogens with zero attached hydrogens (tertiary/aromatic N) is 1. The molecule has 1 atom stereocenters. The molecule has 0 spiro atoms. The van der Waals surface area contributed by atoms with Gasteiger partial charge >= 0.3 is 5.97 Å². The van der Waals surface area contributed by atoms with Gasteiger partial charge in [-0.15, -0.1) is 0 Å². The third-order valence-corrected chi connectivity index (χ3v) is 7.48. The fourth-order valence-corrected chi connectivity index (χ4v) is 5.34. The molecule has 178 valence electrons. The third-order valence-electron chi connectivity index (χ3n) is 5.66. The zero-order valence-corrected chi connectivity index (χ0v) is 20.3. The Labute approximate surface area is 206 Å². The first-order valence-corrected chi connectivity index (χ1v) is 12.8. The van der Waals surface area contributed by atoms with Gasteiger partial charge in [0.05, 0.1) is 4.90 Å². The molecular formula is C29H27NO4S. The van der Waals surface area contributed by atoms with E-state index in [0.29, 0.717) is 5.56 Å². The average Bonchev–Trinajstić information content (AvgIpc) is 2.89. The minimum atomic E-state index is -4.06. The van der Waals surface area contributed by atoms with Crippen molar-refractivity contribution in [2.45, 2.75) is 31.0 Å². The molecule has 5 nitrogen and oxygen atoms in total. The predicted molar refractivity (Wildman–Crippen MR) is 136 cm³/mol. The molecule has 0 radical (unpaired) electrons. The quantitative estimate of drug-likeness (QED) is 0.287. The molecule has 0 saturated heterocycles. The first-order valence-electron chi connectivity index (χ1n) is 11.3. The molecule has 4 aromatic rings. The molecule has 0 aromatic heterocycles. The van der Waals surface area contributed by atoms with E-state index in [1.165, 1.54) is 4.31 Å². The number of benzene rings is 4. The van der Waals surface area contributed by atoms with Gasteiger partial charge in [-0.1, -0.05) is 109 Å². The molecule has 4 rings (SSSR count). The molecule has 0 aliphatic heterocycles. The van der Waals surface area contributed by atoms with Crippen LogP contribution in [0.15, 0.2) is 120 Å². The number of carbonyl (C=O) groups excluding carboxylic acids is 1. The van der Waals surface area contributed by atoms with Crippen molar-refractivity contribution in [1.29, 1.82) is 0 Å². The Balaban J connectivity index is 1.77. The summed E-state index contributed by atoms with van der Waals surface area (Å²) in [6.07, 6.45) is 0. The third kappa shape index (κ3) is 6.04. The maximum absolute atomic E-state index is 14.0. The molecule has 0 aliphatic carbocycles. The van der Waals surface area contributed by atoms with Crippen LogP contribution in [0.3, 0.4) is 0 Å². The highest BCUT2D eigenvalue weighted by Crippen LogP contribution is 2.31. The van der Waals surface area contributed by atoms with Crippen LogP contribution < -0.4 is 0 Å². The summed E-state index contributed by atoms with van der Waals surface area (Å²) in [4.78, 5) is 13.7. The molecule has 35 heavy (non-hydrogen) atoms. The molecule has 0 N–H and O–H groups in total. The number of sulfonamides is 1. The summed E-state index contributed by atoms with van der Waals surface area (Å²) < 4.78 is 34.8. The van der Waals surface area contributed by atoms with Crippen molar-refractivity contribution in [1.82, 2.24) is 4.31 Å². The van der Waals surface area contributed by atoms with Crippen molar-refractivity contribution in [3.63, 3.8) is 0 Å². The van der Waals surface area contributed by atoms with E-state index in [1.54, 1.807) is 48.5 Å². The number of aryl methyl sites for hydroxylation is 1. The van der Waals surface area contributed by atoms with E-state index in [2.05, 4.69) is 0 Å². The molecule has 0 heterocycles. The van der Waals surface area contributed by atoms with Gasteiger partial charge in [-0.25, -0.2) is 13.2 Å². The number of rotatable bonds is 9. The SMILES string of the molecule is Cc1ccc(S(=O)(=O)N(Cc2ccccc2)C(C(=O)OCc2ccccc2)c2ccccc2)cc1. The summed E-state index contributed by atoms with van der Waals surface area (Å²) in [7, 11) is -4.06. The van der Waals surface area contributed by atoms with Gasteiger partial charge in [0.1, 0.15) is 12.6 Å². The number of carbonyl (C=O) groups is 1. The van der Waals surface area contributed by atoms with Gasteiger partial charge in [0.25, 0.3) is 0 Å². The van der Waals surface area contributed by atoms with E-state index in [1.807, 2.05) is 73.7 Å². The monoisotopic (exact) mass is 485 g/mol. The minimum Gasteiger partial charge on any atom is -0.459 e. The highest BCUT2D eigenvalue weighted by atomic mass is 32.2. The Morgan fingerprint density at radius 3 is 1.83 bits per heavy atom. The number of hydrogen-bond donors (Lipinski definition) is 0. The van der Waals surface area contributed by atoms with E-state index < -0.39 is 22.0 Å². The normalized spacial score (nSPS) is 12.3. The molecule has 0 fully saturated rings. The Morgan fingerprint density at radius 1 is 0.743 bits per heavy atom. The second-order valence-corrected chi connectivity index (χ2v) is 10.1. The van der Waals surface area contributed by atoms with Gasteiger partial charge < -0.3 is 4.74 Å². The summed E-state index contributed by atoms with van der Waals surface area (Å²) >= 11 is 0. The van der Waals surface area contributed by atoms with E-state index in [0.717, 1.165) is 16.7 Å². The van der Waals surface area contributed by atoms with Crippen molar-refractivity contribution < 1.29 is 17.9 Å². The molecule has 4 aromatic carbocycles. The van der Waals surface area contributed by atoms with E-state index in [-0.39, 0.29) is 18.0 Å². The van der Waals surface area contributed by atoms with Crippen molar-refractivity contribution in [3.8, 4) is 0 Å². The molecule has 0 bridgehead atoms. The molecule has 0 amide bonds. The average molecular weight is 486 g/mol. The molecule has 6 heteroatoms. The van der Waals surface area contributed by atoms with Crippen molar-refractivity contribution >= 4 is 16.0 Å². The Hall–Kier alpha value is -3.74. The Kier molecular flexibility index (Phi) is 7.75. The van der Waals surface area contributed by atoms with Crippen LogP contribution in [0.4, 0.5) is 0 Å². The predicted octanol–water partition coefficient (Wildman–Crippen LogP) is 5.67. The lowest BCUT2D eigenvalue weighted by Crippen LogP contribution is -2.39. The second kappa shape index (κ2) is 11.1. The first kappa shape index (κ1) is 24.4. The highest BCUT2D eigenvalue weighted by Gasteiger charge is 2.38. The van der Waals surface area contributed by atoms with Crippen LogP contribution in [0.1, 0.15) is 28.3 Å². The molecule has 0 aliphatic rings. The zero-order valence-electron chi connectivity index (χ0n) is 19.4. The van der Waals surface area contributed by atoms with Crippen LogP contribution in [0, 0.1) is 6.92 Å². The second-order valence-electron chi connectivity index (χ2n) is 8.26. The summed E-state index contributed by atoms with van der Waals surface area (Å²) in [6, 6.07) is 32.9. The standard InChI is InChI=1S/C29H27NO4S/c1-23-17-19-27(20-18-23)35(32,33)30(21-24-11-5-2-6-12-24)28(26-15-9-4-10-16-26)29(31)34-22-25-13-7-3-8-14-25/h2-20,28H,21-22H2,1H3.